The van der Waals surface area contributed by atoms with Gasteiger partial charge >= 0.3 is 12.0 Å². The third-order valence-corrected chi connectivity index (χ3v) is 3.65. The predicted octanol–water partition coefficient (Wildman–Crippen LogP) is 0.875. The van der Waals surface area contributed by atoms with E-state index in [0.29, 0.717) is 29.7 Å². The fourth-order valence-corrected chi connectivity index (χ4v) is 2.43. The first kappa shape index (κ1) is 13.5. The molecule has 1 aromatic rings. The minimum atomic E-state index is -0.866. The van der Waals surface area contributed by atoms with E-state index in [4.69, 9.17) is 9.84 Å². The first-order chi connectivity index (χ1) is 9.10. The molecule has 2 rings (SSSR count). The van der Waals surface area contributed by atoms with Crippen LogP contribution in [0.1, 0.15) is 12.8 Å². The summed E-state index contributed by atoms with van der Waals surface area (Å²) in [5.74, 6) is -1.36. The number of amides is 2. The molecule has 1 aromatic heterocycles. The molecular weight excluding hydrogens is 272 g/mol. The van der Waals surface area contributed by atoms with Gasteiger partial charge in [-0.05, 0) is 24.2 Å². The van der Waals surface area contributed by atoms with Crippen LogP contribution in [0, 0.1) is 5.92 Å². The smallest absolute Gasteiger partial charge is 0.323 e. The number of piperidine rings is 1. The van der Waals surface area contributed by atoms with Gasteiger partial charge in [0.15, 0.2) is 0 Å². The van der Waals surface area contributed by atoms with Crippen molar-refractivity contribution >= 4 is 28.5 Å². The van der Waals surface area contributed by atoms with Gasteiger partial charge in [0.2, 0.25) is 5.13 Å². The molecular formula is C10H14N4O4S. The normalized spacial score (nSPS) is 19.0. The maximum absolute atomic E-state index is 12.0. The second kappa shape index (κ2) is 5.83. The van der Waals surface area contributed by atoms with Crippen LogP contribution >= 0.6 is 11.3 Å². The second-order valence-corrected chi connectivity index (χ2v) is 5.07. The van der Waals surface area contributed by atoms with Crippen molar-refractivity contribution in [3.8, 4) is 5.19 Å². The van der Waals surface area contributed by atoms with Crippen molar-refractivity contribution in [3.63, 3.8) is 0 Å². The Hall–Kier alpha value is -1.90. The Labute approximate surface area is 113 Å². The molecule has 0 saturated carbocycles. The number of hydrogen-bond donors (Lipinski definition) is 2. The number of urea groups is 1. The zero-order valence-corrected chi connectivity index (χ0v) is 11.1. The Morgan fingerprint density at radius 1 is 1.53 bits per heavy atom. The van der Waals surface area contributed by atoms with E-state index in [2.05, 4.69) is 15.5 Å². The van der Waals surface area contributed by atoms with Crippen molar-refractivity contribution in [2.24, 2.45) is 5.92 Å². The van der Waals surface area contributed by atoms with Crippen molar-refractivity contribution in [1.82, 2.24) is 15.1 Å². The molecule has 1 saturated heterocycles. The molecule has 2 N–H and O–H groups in total. The molecule has 0 spiro atoms. The first-order valence-corrected chi connectivity index (χ1v) is 6.58. The van der Waals surface area contributed by atoms with Gasteiger partial charge in [-0.3, -0.25) is 10.1 Å². The number of hydrogen-bond acceptors (Lipinski definition) is 6. The average molecular weight is 286 g/mol. The summed E-state index contributed by atoms with van der Waals surface area (Å²) in [5.41, 5.74) is 0. The SMILES string of the molecule is COc1nnc(NC(=O)N2CCCC(C(=O)O)C2)s1. The maximum atomic E-state index is 12.0. The van der Waals surface area contributed by atoms with Crippen molar-refractivity contribution in [3.05, 3.63) is 0 Å². The number of methoxy groups -OCH3 is 1. The van der Waals surface area contributed by atoms with Gasteiger partial charge in [0.25, 0.3) is 5.19 Å². The number of aromatic nitrogens is 2. The summed E-state index contributed by atoms with van der Waals surface area (Å²) in [6.45, 7) is 0.767. The predicted molar refractivity (Wildman–Crippen MR) is 67.4 cm³/mol. The Morgan fingerprint density at radius 2 is 2.32 bits per heavy atom. The van der Waals surface area contributed by atoms with E-state index < -0.39 is 11.9 Å². The van der Waals surface area contributed by atoms with Crippen molar-refractivity contribution < 1.29 is 19.4 Å². The molecule has 1 unspecified atom stereocenters. The number of carbonyl (C=O) groups excluding carboxylic acids is 1. The molecule has 0 bridgehead atoms. The number of nitrogens with zero attached hydrogens (tertiary/aromatic N) is 3. The third-order valence-electron chi connectivity index (χ3n) is 2.85. The molecule has 9 heteroatoms. The summed E-state index contributed by atoms with van der Waals surface area (Å²) in [6, 6.07) is -0.357. The molecule has 1 aliphatic rings. The van der Waals surface area contributed by atoms with E-state index in [1.807, 2.05) is 0 Å². The van der Waals surface area contributed by atoms with Gasteiger partial charge in [0.1, 0.15) is 0 Å². The topological polar surface area (TPSA) is 105 Å². The highest BCUT2D eigenvalue weighted by atomic mass is 32.1. The maximum Gasteiger partial charge on any atom is 0.323 e. The lowest BCUT2D eigenvalue weighted by Gasteiger charge is -2.30. The van der Waals surface area contributed by atoms with Crippen LogP contribution in [0.3, 0.4) is 0 Å². The number of aliphatic carboxylic acids is 1. The Kier molecular flexibility index (Phi) is 4.15. The van der Waals surface area contributed by atoms with Crippen LogP contribution in [0.4, 0.5) is 9.93 Å². The summed E-state index contributed by atoms with van der Waals surface area (Å²) < 4.78 is 4.87. The number of anilines is 1. The quantitative estimate of drug-likeness (QED) is 0.854. The molecule has 1 aliphatic heterocycles. The van der Waals surface area contributed by atoms with E-state index in [-0.39, 0.29) is 12.6 Å². The van der Waals surface area contributed by atoms with E-state index >= 15 is 0 Å². The summed E-state index contributed by atoms with van der Waals surface area (Å²) in [5, 5.41) is 19.7. The summed E-state index contributed by atoms with van der Waals surface area (Å²) in [7, 11) is 1.47. The lowest BCUT2D eigenvalue weighted by molar-refractivity contribution is -0.143. The molecule has 0 aliphatic carbocycles. The number of rotatable bonds is 3. The number of carboxylic acids is 1. The van der Waals surface area contributed by atoms with Crippen LogP contribution in [0.15, 0.2) is 0 Å². The fraction of sp³-hybridized carbons (Fsp3) is 0.600. The highest BCUT2D eigenvalue weighted by Gasteiger charge is 2.28. The van der Waals surface area contributed by atoms with Crippen LogP contribution in [-0.2, 0) is 4.79 Å². The molecule has 1 atom stereocenters. The van der Waals surface area contributed by atoms with Gasteiger partial charge in [0, 0.05) is 13.1 Å². The molecule has 19 heavy (non-hydrogen) atoms. The van der Waals surface area contributed by atoms with E-state index in [1.165, 1.54) is 12.0 Å². The van der Waals surface area contributed by atoms with Gasteiger partial charge in [-0.25, -0.2) is 4.79 Å². The Morgan fingerprint density at radius 3 is 2.95 bits per heavy atom. The number of ether oxygens (including phenoxy) is 1. The fourth-order valence-electron chi connectivity index (χ4n) is 1.88. The summed E-state index contributed by atoms with van der Waals surface area (Å²) in [6.07, 6.45) is 1.29. The number of carbonyl (C=O) groups is 2. The minimum Gasteiger partial charge on any atom is -0.481 e. The Balaban J connectivity index is 1.93. The minimum absolute atomic E-state index is 0.219. The third kappa shape index (κ3) is 3.31. The highest BCUT2D eigenvalue weighted by molar-refractivity contribution is 7.17. The van der Waals surface area contributed by atoms with E-state index in [9.17, 15) is 9.59 Å². The molecule has 0 radical (unpaired) electrons. The van der Waals surface area contributed by atoms with Gasteiger partial charge in [-0.15, -0.1) is 5.10 Å². The first-order valence-electron chi connectivity index (χ1n) is 5.76. The number of nitrogens with one attached hydrogen (secondary N) is 1. The standard InChI is InChI=1S/C10H14N4O4S/c1-18-10-13-12-8(19-10)11-9(17)14-4-2-3-6(5-14)7(15)16/h6H,2-5H2,1H3,(H,15,16)(H,11,12,17). The summed E-state index contributed by atoms with van der Waals surface area (Å²) >= 11 is 1.11. The van der Waals surface area contributed by atoms with Gasteiger partial charge in [-0.1, -0.05) is 5.10 Å². The lowest BCUT2D eigenvalue weighted by Crippen LogP contribution is -2.44. The van der Waals surface area contributed by atoms with Crippen LogP contribution in [0.5, 0.6) is 5.19 Å². The van der Waals surface area contributed by atoms with Crippen molar-refractivity contribution in [1.29, 1.82) is 0 Å². The van der Waals surface area contributed by atoms with Gasteiger partial charge in [-0.2, -0.15) is 0 Å². The van der Waals surface area contributed by atoms with Crippen LogP contribution in [0.25, 0.3) is 0 Å². The van der Waals surface area contributed by atoms with E-state index in [1.54, 1.807) is 0 Å². The molecule has 2 amide bonds. The van der Waals surface area contributed by atoms with Gasteiger partial charge < -0.3 is 14.7 Å². The van der Waals surface area contributed by atoms with Crippen LogP contribution in [0.2, 0.25) is 0 Å². The lowest BCUT2D eigenvalue weighted by atomic mass is 9.99. The van der Waals surface area contributed by atoms with Crippen LogP contribution < -0.4 is 10.1 Å². The molecule has 8 nitrogen and oxygen atoms in total. The van der Waals surface area contributed by atoms with Gasteiger partial charge in [0.05, 0.1) is 13.0 Å². The van der Waals surface area contributed by atoms with E-state index in [0.717, 1.165) is 11.3 Å². The zero-order valence-electron chi connectivity index (χ0n) is 10.3. The summed E-state index contributed by atoms with van der Waals surface area (Å²) in [4.78, 5) is 24.4. The molecule has 1 fully saturated rings. The molecule has 0 aromatic carbocycles. The number of likely N-dealkylation sites (tertiary alicyclic amines) is 1. The zero-order chi connectivity index (χ0) is 13.8. The molecule has 104 valence electrons. The Bertz CT molecular complexity index is 478. The second-order valence-electron chi connectivity index (χ2n) is 4.13. The average Bonchev–Trinajstić information content (AvgIpc) is 2.86. The monoisotopic (exact) mass is 286 g/mol. The largest absolute Gasteiger partial charge is 0.481 e. The van der Waals surface area contributed by atoms with Crippen molar-refractivity contribution in [2.75, 3.05) is 25.5 Å². The number of carboxylic acid groups (broad SMARTS) is 1. The van der Waals surface area contributed by atoms with Crippen molar-refractivity contribution in [2.45, 2.75) is 12.8 Å². The highest BCUT2D eigenvalue weighted by Crippen LogP contribution is 2.23. The molecule has 2 heterocycles. The van der Waals surface area contributed by atoms with Crippen LogP contribution in [-0.4, -0.2) is 52.4 Å².